The average molecular weight is 399 g/mol. The van der Waals surface area contributed by atoms with Gasteiger partial charge in [0.2, 0.25) is 5.69 Å². The standard InChI is InChI=1S/C27H27N2O/c1-17-10-12-23-22-13-11-21(28-3)16-25(22)30-27(23)26(17)24-15-20(14-18(2)29(24)4)19-8-6-5-7-9-19/h10-16,19H,5-9H2,1-2,4H3/q+1/i14D,15D,19D. The van der Waals surface area contributed by atoms with Gasteiger partial charge in [0.1, 0.15) is 18.2 Å². The molecular weight excluding hydrogens is 368 g/mol. The number of hydrogen-bond donors (Lipinski definition) is 0. The van der Waals surface area contributed by atoms with Crippen molar-refractivity contribution in [1.29, 1.82) is 0 Å². The molecule has 0 N–H and O–H groups in total. The van der Waals surface area contributed by atoms with Crippen molar-refractivity contribution in [3.63, 3.8) is 0 Å². The molecule has 0 bridgehead atoms. The fourth-order valence-electron chi connectivity index (χ4n) is 4.59. The number of aromatic nitrogens is 1. The van der Waals surface area contributed by atoms with Crippen molar-refractivity contribution in [2.24, 2.45) is 7.05 Å². The van der Waals surface area contributed by atoms with Gasteiger partial charge in [-0.1, -0.05) is 43.5 Å². The summed E-state index contributed by atoms with van der Waals surface area (Å²) in [5.74, 6) is -0.902. The van der Waals surface area contributed by atoms with Gasteiger partial charge in [0.05, 0.1) is 14.9 Å². The molecule has 0 radical (unpaired) electrons. The summed E-state index contributed by atoms with van der Waals surface area (Å²) in [6.07, 6.45) is 4.39. The molecule has 5 rings (SSSR count). The lowest BCUT2D eigenvalue weighted by Crippen LogP contribution is -2.35. The van der Waals surface area contributed by atoms with Gasteiger partial charge in [0.25, 0.3) is 0 Å². The molecule has 1 aliphatic carbocycles. The zero-order chi connectivity index (χ0) is 23.5. The lowest BCUT2D eigenvalue weighted by Gasteiger charge is -2.22. The molecule has 0 unspecified atom stereocenters. The van der Waals surface area contributed by atoms with E-state index in [9.17, 15) is 2.74 Å². The highest BCUT2D eigenvalue weighted by Gasteiger charge is 2.25. The van der Waals surface area contributed by atoms with E-state index in [4.69, 9.17) is 12.4 Å². The molecule has 0 aliphatic heterocycles. The van der Waals surface area contributed by atoms with Gasteiger partial charge in [-0.2, -0.15) is 4.57 Å². The van der Waals surface area contributed by atoms with E-state index >= 15 is 0 Å². The van der Waals surface area contributed by atoms with Crippen LogP contribution < -0.4 is 4.57 Å². The smallest absolute Gasteiger partial charge is 0.216 e. The molecule has 1 fully saturated rings. The van der Waals surface area contributed by atoms with E-state index in [-0.39, 0.29) is 6.04 Å². The molecule has 0 atom stereocenters. The molecule has 1 saturated carbocycles. The van der Waals surface area contributed by atoms with Gasteiger partial charge >= 0.3 is 0 Å². The van der Waals surface area contributed by atoms with Gasteiger partial charge in [-0.15, -0.1) is 0 Å². The third kappa shape index (κ3) is 2.99. The van der Waals surface area contributed by atoms with Gasteiger partial charge in [-0.05, 0) is 42.9 Å². The Kier molecular flexibility index (Phi) is 3.81. The summed E-state index contributed by atoms with van der Waals surface area (Å²) in [4.78, 5) is 3.52. The maximum absolute atomic E-state index is 9.25. The van der Waals surface area contributed by atoms with Crippen LogP contribution in [0, 0.1) is 20.4 Å². The molecule has 3 heteroatoms. The highest BCUT2D eigenvalue weighted by atomic mass is 16.3. The lowest BCUT2D eigenvalue weighted by molar-refractivity contribution is -0.666. The summed E-state index contributed by atoms with van der Waals surface area (Å²) >= 11 is 0. The first-order valence-electron chi connectivity index (χ1n) is 12.1. The summed E-state index contributed by atoms with van der Waals surface area (Å²) in [6.45, 7) is 11.2. The first-order valence-corrected chi connectivity index (χ1v) is 10.6. The molecule has 2 heterocycles. The second-order valence-corrected chi connectivity index (χ2v) is 8.31. The van der Waals surface area contributed by atoms with Crippen LogP contribution in [0.4, 0.5) is 5.69 Å². The highest BCUT2D eigenvalue weighted by molar-refractivity contribution is 6.10. The number of hydrogen-bond acceptors (Lipinski definition) is 1. The molecule has 1 aliphatic rings. The maximum atomic E-state index is 9.25. The largest absolute Gasteiger partial charge is 0.456 e. The van der Waals surface area contributed by atoms with Crippen molar-refractivity contribution in [1.82, 2.24) is 0 Å². The number of fused-ring (bicyclic) bond motifs is 3. The van der Waals surface area contributed by atoms with E-state index < -0.39 is 5.89 Å². The van der Waals surface area contributed by atoms with Crippen LogP contribution in [-0.2, 0) is 7.05 Å². The van der Waals surface area contributed by atoms with E-state index in [2.05, 4.69) is 4.85 Å². The van der Waals surface area contributed by atoms with Gasteiger partial charge in [-0.25, -0.2) is 4.85 Å². The molecule has 2 aromatic heterocycles. The van der Waals surface area contributed by atoms with E-state index in [1.54, 1.807) is 12.1 Å². The predicted octanol–water partition coefficient (Wildman–Crippen LogP) is 7.29. The van der Waals surface area contributed by atoms with Crippen LogP contribution in [0.1, 0.15) is 58.9 Å². The number of nitrogens with zero attached hydrogens (tertiary/aromatic N) is 2. The second-order valence-electron chi connectivity index (χ2n) is 8.31. The number of benzene rings is 2. The Bertz CT molecular complexity index is 1470. The van der Waals surface area contributed by atoms with Crippen LogP contribution in [0.3, 0.4) is 0 Å². The normalized spacial score (nSPS) is 17.5. The zero-order valence-electron chi connectivity index (χ0n) is 20.7. The van der Waals surface area contributed by atoms with Gasteiger partial charge in [-0.3, -0.25) is 0 Å². The third-order valence-corrected chi connectivity index (χ3v) is 6.40. The predicted molar refractivity (Wildman–Crippen MR) is 122 cm³/mol. The van der Waals surface area contributed by atoms with Gasteiger partial charge in [0.15, 0.2) is 11.4 Å². The molecule has 0 spiro atoms. The Labute approximate surface area is 182 Å². The van der Waals surface area contributed by atoms with E-state index in [0.717, 1.165) is 46.9 Å². The lowest BCUT2D eigenvalue weighted by atomic mass is 9.83. The first kappa shape index (κ1) is 15.7. The topological polar surface area (TPSA) is 21.4 Å². The van der Waals surface area contributed by atoms with Crippen molar-refractivity contribution in [3.05, 3.63) is 70.7 Å². The fraction of sp³-hybridized carbons (Fsp3) is 0.333. The Morgan fingerprint density at radius 3 is 2.63 bits per heavy atom. The average Bonchev–Trinajstić information content (AvgIpc) is 3.17. The summed E-state index contributed by atoms with van der Waals surface area (Å²) in [6, 6.07) is 10.1. The summed E-state index contributed by atoms with van der Waals surface area (Å²) in [7, 11) is 1.89. The number of furan rings is 1. The van der Waals surface area contributed by atoms with Crippen LogP contribution in [0.25, 0.3) is 38.0 Å². The van der Waals surface area contributed by atoms with Crippen LogP contribution in [0.2, 0.25) is 0 Å². The minimum absolute atomic E-state index is 0.253. The van der Waals surface area contributed by atoms with Crippen molar-refractivity contribution < 1.29 is 13.1 Å². The van der Waals surface area contributed by atoms with Gasteiger partial charge in [0, 0.05) is 31.2 Å². The Hall–Kier alpha value is -3.12. The SMILES string of the molecule is [2H]c1c(C2([2H])CCCCC2)c([2H])c(-c2c(C)ccc3c2oc2cc([N+]#[C-])ccc23)[n+](C)c1C. The molecule has 4 aromatic rings. The van der Waals surface area contributed by atoms with Crippen molar-refractivity contribution in [2.45, 2.75) is 51.8 Å². The monoisotopic (exact) mass is 398 g/mol. The van der Waals surface area contributed by atoms with E-state index in [1.807, 2.05) is 43.7 Å². The van der Waals surface area contributed by atoms with Crippen molar-refractivity contribution >= 4 is 27.6 Å². The molecule has 150 valence electrons. The van der Waals surface area contributed by atoms with E-state index in [1.165, 1.54) is 0 Å². The minimum atomic E-state index is -0.902. The molecule has 0 amide bonds. The van der Waals surface area contributed by atoms with Crippen LogP contribution in [0.5, 0.6) is 0 Å². The Morgan fingerprint density at radius 2 is 1.87 bits per heavy atom. The van der Waals surface area contributed by atoms with Crippen molar-refractivity contribution in [2.75, 3.05) is 0 Å². The van der Waals surface area contributed by atoms with Crippen LogP contribution >= 0.6 is 0 Å². The summed E-state index contributed by atoms with van der Waals surface area (Å²) in [5, 5.41) is 1.88. The summed E-state index contributed by atoms with van der Waals surface area (Å²) in [5.41, 5.74) is 5.62. The highest BCUT2D eigenvalue weighted by Crippen LogP contribution is 2.40. The summed E-state index contributed by atoms with van der Waals surface area (Å²) < 4.78 is 35.5. The molecule has 2 aromatic carbocycles. The van der Waals surface area contributed by atoms with Crippen LogP contribution in [0.15, 0.2) is 46.8 Å². The molecular formula is C27H27N2O+. The third-order valence-electron chi connectivity index (χ3n) is 6.40. The fourth-order valence-corrected chi connectivity index (χ4v) is 4.59. The van der Waals surface area contributed by atoms with Crippen molar-refractivity contribution in [3.8, 4) is 11.3 Å². The zero-order valence-corrected chi connectivity index (χ0v) is 17.7. The second kappa shape index (κ2) is 7.29. The number of aryl methyl sites for hydroxylation is 1. The van der Waals surface area contributed by atoms with Crippen LogP contribution in [-0.4, -0.2) is 0 Å². The quantitative estimate of drug-likeness (QED) is 0.256. The molecule has 0 saturated heterocycles. The Balaban J connectivity index is 1.87. The maximum Gasteiger partial charge on any atom is 0.216 e. The van der Waals surface area contributed by atoms with E-state index in [0.29, 0.717) is 47.0 Å². The molecule has 3 nitrogen and oxygen atoms in total. The minimum Gasteiger partial charge on any atom is -0.456 e. The number of pyridine rings is 1. The Morgan fingerprint density at radius 1 is 1.10 bits per heavy atom. The van der Waals surface area contributed by atoms with Gasteiger partial charge < -0.3 is 4.42 Å². The number of rotatable bonds is 2. The first-order chi connectivity index (χ1) is 15.8. The molecule has 30 heavy (non-hydrogen) atoms.